The third kappa shape index (κ3) is 33.0. The quantitative estimate of drug-likeness (QED) is 0.213. The van der Waals surface area contributed by atoms with Gasteiger partial charge in [0.05, 0.1) is 0 Å². The maximum atomic E-state index is 11.3. The van der Waals surface area contributed by atoms with Gasteiger partial charge < -0.3 is 38.4 Å². The molecule has 41 heavy (non-hydrogen) atoms. The molecule has 8 nitrogen and oxygen atoms in total. The standard InChI is InChI=1S/4C5H4F3O2.Zr/c4*1-3(9)2-4(10)5(6,7)8;/h4*2H,1H3;/q4*-1;+4. The van der Waals surface area contributed by atoms with Gasteiger partial charge in [0.25, 0.3) is 0 Å². The van der Waals surface area contributed by atoms with E-state index in [0.29, 0.717) is 0 Å². The largest absolute Gasteiger partial charge is 4.00 e. The molecule has 0 N–H and O–H groups in total. The first-order valence-corrected chi connectivity index (χ1v) is 9.21. The van der Waals surface area contributed by atoms with E-state index < -0.39 is 71.0 Å². The van der Waals surface area contributed by atoms with Gasteiger partial charge >= 0.3 is 50.9 Å². The zero-order chi connectivity index (χ0) is 33.4. The van der Waals surface area contributed by atoms with E-state index in [1.54, 1.807) is 0 Å². The zero-order valence-corrected chi connectivity index (χ0v) is 23.1. The normalized spacial score (nSPS) is 10.5. The van der Waals surface area contributed by atoms with Gasteiger partial charge in [0.1, 0.15) is 23.1 Å². The summed E-state index contributed by atoms with van der Waals surface area (Å²) in [5.74, 6) is -12.0. The molecule has 0 aliphatic rings. The van der Waals surface area contributed by atoms with Gasteiger partial charge in [0.2, 0.25) is 0 Å². The monoisotopic (exact) mass is 702 g/mol. The summed E-state index contributed by atoms with van der Waals surface area (Å²) < 4.78 is 135. The first-order chi connectivity index (χ1) is 17.3. The zero-order valence-electron chi connectivity index (χ0n) is 20.6. The summed E-state index contributed by atoms with van der Waals surface area (Å²) in [5, 5.41) is 0. The SMILES string of the molecule is CC(=O)[CH-]C(=O)C(F)(F)F.CC(=O)[CH-]C(=O)C(F)(F)F.CC(=O)[CH-]C(=O)C(F)(F)F.CC(=O)[CH-]C(=O)C(F)(F)F.[Zr+4]. The number of hydrogen-bond donors (Lipinski definition) is 0. The molecular formula is C20H16F12O8Zr. The number of hydrogen-bond acceptors (Lipinski definition) is 8. The molecule has 0 aromatic heterocycles. The fourth-order valence-corrected chi connectivity index (χ4v) is 1.07. The van der Waals surface area contributed by atoms with Gasteiger partial charge in [-0.1, -0.05) is 0 Å². The van der Waals surface area contributed by atoms with Crippen LogP contribution in [0.3, 0.4) is 0 Å². The second-order valence-electron chi connectivity index (χ2n) is 6.47. The Hall–Kier alpha value is -3.12. The predicted octanol–water partition coefficient (Wildman–Crippen LogP) is 3.64. The molecule has 0 aromatic rings. The molecule has 0 aromatic carbocycles. The molecule has 0 radical (unpaired) electrons. The summed E-state index contributed by atoms with van der Waals surface area (Å²) in [6.45, 7) is 3.51. The van der Waals surface area contributed by atoms with Crippen LogP contribution < -0.4 is 0 Å². The van der Waals surface area contributed by atoms with E-state index in [1.165, 1.54) is 0 Å². The number of Topliss-reactive ketones (excluding diaryl/α,β-unsaturated/α-hetero) is 8. The Kier molecular flexibility index (Phi) is 23.1. The number of carbonyl (C=O) groups excluding carboxylic acids is 8. The number of carbonyl (C=O) groups is 8. The Bertz CT molecular complexity index is 794. The summed E-state index contributed by atoms with van der Waals surface area (Å²) in [6.07, 6.45) is -19.6. The van der Waals surface area contributed by atoms with Crippen molar-refractivity contribution in [1.29, 1.82) is 0 Å². The number of rotatable bonds is 8. The second kappa shape index (κ2) is 19.9. The van der Waals surface area contributed by atoms with Gasteiger partial charge in [0, 0.05) is 23.1 Å². The van der Waals surface area contributed by atoms with Gasteiger partial charge in [-0.15, -0.1) is 0 Å². The Morgan fingerprint density at radius 2 is 0.439 bits per heavy atom. The molecule has 0 atom stereocenters. The van der Waals surface area contributed by atoms with Gasteiger partial charge in [-0.3, -0.25) is 25.7 Å². The van der Waals surface area contributed by atoms with E-state index in [0.717, 1.165) is 27.7 Å². The van der Waals surface area contributed by atoms with Crippen molar-refractivity contribution in [3.63, 3.8) is 0 Å². The first kappa shape index (κ1) is 47.7. The number of halogens is 12. The average Bonchev–Trinajstić information content (AvgIpc) is 2.64. The van der Waals surface area contributed by atoms with E-state index >= 15 is 0 Å². The topological polar surface area (TPSA) is 137 Å². The molecule has 0 fully saturated rings. The maximum absolute atomic E-state index is 11.3. The Labute approximate surface area is 241 Å². The molecule has 0 saturated heterocycles. The summed E-state index contributed by atoms with van der Waals surface area (Å²) in [4.78, 5) is 79.2. The minimum absolute atomic E-state index is 0. The van der Waals surface area contributed by atoms with Crippen molar-refractivity contribution in [2.45, 2.75) is 52.4 Å². The maximum Gasteiger partial charge on any atom is 4.00 e. The van der Waals surface area contributed by atoms with Crippen LogP contribution in [0, 0.1) is 25.7 Å². The van der Waals surface area contributed by atoms with Crippen LogP contribution in [0.25, 0.3) is 0 Å². The average molecular weight is 704 g/mol. The van der Waals surface area contributed by atoms with Gasteiger partial charge in [-0.2, -0.15) is 52.7 Å². The van der Waals surface area contributed by atoms with Crippen LogP contribution >= 0.6 is 0 Å². The Balaban J connectivity index is -0.000000139. The van der Waals surface area contributed by atoms with Crippen LogP contribution in [0.15, 0.2) is 0 Å². The molecule has 232 valence electrons. The molecule has 0 amide bonds. The van der Waals surface area contributed by atoms with E-state index in [-0.39, 0.29) is 51.9 Å². The van der Waals surface area contributed by atoms with E-state index in [9.17, 15) is 91.0 Å². The summed E-state index contributed by atoms with van der Waals surface area (Å²) in [7, 11) is 0. The van der Waals surface area contributed by atoms with Gasteiger partial charge in [0.15, 0.2) is 0 Å². The molecule has 0 heterocycles. The van der Waals surface area contributed by atoms with Crippen LogP contribution in [-0.2, 0) is 64.6 Å². The molecule has 0 aliphatic carbocycles. The van der Waals surface area contributed by atoms with Crippen molar-refractivity contribution in [3.8, 4) is 0 Å². The van der Waals surface area contributed by atoms with Crippen LogP contribution in [-0.4, -0.2) is 71.0 Å². The summed E-state index contributed by atoms with van der Waals surface area (Å²) in [6, 6.07) is 0. The second-order valence-corrected chi connectivity index (χ2v) is 6.47. The molecule has 21 heteroatoms. The molecule has 0 aliphatic heterocycles. The van der Waals surface area contributed by atoms with Crippen molar-refractivity contribution < 1.29 is 117 Å². The van der Waals surface area contributed by atoms with E-state index in [1.807, 2.05) is 0 Å². The molecule has 0 spiro atoms. The number of ketones is 8. The third-order valence-corrected chi connectivity index (χ3v) is 2.45. The molecular weight excluding hydrogens is 687 g/mol. The van der Waals surface area contributed by atoms with E-state index in [2.05, 4.69) is 0 Å². The first-order valence-electron chi connectivity index (χ1n) is 9.21. The fourth-order valence-electron chi connectivity index (χ4n) is 1.07. The van der Waals surface area contributed by atoms with Gasteiger partial charge in [-0.25, -0.2) is 0 Å². The Morgan fingerprint density at radius 1 is 0.341 bits per heavy atom. The minimum Gasteiger partial charge on any atom is -0.334 e. The third-order valence-electron chi connectivity index (χ3n) is 2.45. The van der Waals surface area contributed by atoms with Crippen LogP contribution in [0.4, 0.5) is 52.7 Å². The van der Waals surface area contributed by atoms with Crippen molar-refractivity contribution >= 4 is 46.3 Å². The molecule has 0 unspecified atom stereocenters. The van der Waals surface area contributed by atoms with Gasteiger partial charge in [-0.05, 0) is 27.7 Å². The Morgan fingerprint density at radius 3 is 0.463 bits per heavy atom. The fraction of sp³-hybridized carbons (Fsp3) is 0.400. The summed E-state index contributed by atoms with van der Waals surface area (Å²) in [5.41, 5.74) is 0. The van der Waals surface area contributed by atoms with Crippen LogP contribution in [0.1, 0.15) is 27.7 Å². The number of alkyl halides is 12. The van der Waals surface area contributed by atoms with E-state index in [4.69, 9.17) is 0 Å². The minimum atomic E-state index is -4.92. The molecule has 0 rings (SSSR count). The summed E-state index contributed by atoms with van der Waals surface area (Å²) >= 11 is 0. The molecule has 0 bridgehead atoms. The van der Waals surface area contributed by atoms with Crippen molar-refractivity contribution in [1.82, 2.24) is 0 Å². The van der Waals surface area contributed by atoms with Crippen molar-refractivity contribution in [3.05, 3.63) is 25.7 Å². The van der Waals surface area contributed by atoms with Crippen LogP contribution in [0.5, 0.6) is 0 Å². The van der Waals surface area contributed by atoms with Crippen LogP contribution in [0.2, 0.25) is 0 Å². The predicted molar refractivity (Wildman–Crippen MR) is 104 cm³/mol. The van der Waals surface area contributed by atoms with Crippen molar-refractivity contribution in [2.24, 2.45) is 0 Å². The molecule has 0 saturated carbocycles. The smallest absolute Gasteiger partial charge is 0.334 e. The van der Waals surface area contributed by atoms with Crippen molar-refractivity contribution in [2.75, 3.05) is 0 Å².